The van der Waals surface area contributed by atoms with Gasteiger partial charge in [0, 0.05) is 5.56 Å². The van der Waals surface area contributed by atoms with Crippen LogP contribution in [0.5, 0.6) is 11.5 Å². The van der Waals surface area contributed by atoms with Crippen molar-refractivity contribution in [1.29, 1.82) is 0 Å². The second-order valence-electron chi connectivity index (χ2n) is 6.35. The number of para-hydroxylation sites is 1. The quantitative estimate of drug-likeness (QED) is 0.333. The maximum absolute atomic E-state index is 14.0. The summed E-state index contributed by atoms with van der Waals surface area (Å²) in [6.45, 7) is 2.19. The third kappa shape index (κ3) is 5.73. The van der Waals surface area contributed by atoms with Crippen LogP contribution < -0.4 is 14.9 Å². The SMILES string of the molecule is CCOc1cc(/C=N/Nc2ccccc2C(=O)O)ccc1OCc1c(F)cccc1Cl. The lowest BCUT2D eigenvalue weighted by molar-refractivity contribution is 0.0698. The van der Waals surface area contributed by atoms with Crippen molar-refractivity contribution in [3.63, 3.8) is 0 Å². The van der Waals surface area contributed by atoms with Crippen LogP contribution in [0.3, 0.4) is 0 Å². The minimum atomic E-state index is -1.05. The number of hydrogen-bond acceptors (Lipinski definition) is 5. The first-order chi connectivity index (χ1) is 15.0. The van der Waals surface area contributed by atoms with Crippen molar-refractivity contribution in [2.75, 3.05) is 12.0 Å². The molecule has 0 amide bonds. The summed E-state index contributed by atoms with van der Waals surface area (Å²) in [7, 11) is 0. The molecule has 0 atom stereocenters. The standard InChI is InChI=1S/C23H20ClFN2O4/c1-2-30-22-12-15(13-26-27-20-9-4-3-6-16(20)23(28)29)10-11-21(22)31-14-17-18(24)7-5-8-19(17)25/h3-13,27H,2,14H2,1H3,(H,28,29)/b26-13+. The molecule has 0 aliphatic rings. The van der Waals surface area contributed by atoms with Gasteiger partial charge in [0.2, 0.25) is 0 Å². The van der Waals surface area contributed by atoms with Gasteiger partial charge in [-0.1, -0.05) is 29.8 Å². The monoisotopic (exact) mass is 442 g/mol. The number of halogens is 2. The summed E-state index contributed by atoms with van der Waals surface area (Å²) in [6.07, 6.45) is 1.53. The van der Waals surface area contributed by atoms with Crippen molar-refractivity contribution in [3.05, 3.63) is 88.2 Å². The van der Waals surface area contributed by atoms with E-state index in [1.54, 1.807) is 42.5 Å². The van der Waals surface area contributed by atoms with Gasteiger partial charge in [-0.25, -0.2) is 9.18 Å². The molecule has 0 spiro atoms. The van der Waals surface area contributed by atoms with Crippen molar-refractivity contribution in [3.8, 4) is 11.5 Å². The zero-order valence-corrected chi connectivity index (χ0v) is 17.4. The van der Waals surface area contributed by atoms with E-state index in [1.165, 1.54) is 24.4 Å². The molecule has 0 fully saturated rings. The number of hydrogen-bond donors (Lipinski definition) is 2. The average molecular weight is 443 g/mol. The lowest BCUT2D eigenvalue weighted by atomic mass is 10.2. The van der Waals surface area contributed by atoms with E-state index in [4.69, 9.17) is 21.1 Å². The largest absolute Gasteiger partial charge is 0.490 e. The first-order valence-corrected chi connectivity index (χ1v) is 9.81. The van der Waals surface area contributed by atoms with Crippen LogP contribution in [-0.4, -0.2) is 23.9 Å². The van der Waals surface area contributed by atoms with Gasteiger partial charge in [0.1, 0.15) is 12.4 Å². The van der Waals surface area contributed by atoms with Gasteiger partial charge in [0.25, 0.3) is 0 Å². The number of benzene rings is 3. The fraction of sp³-hybridized carbons (Fsp3) is 0.130. The molecule has 0 aliphatic carbocycles. The zero-order chi connectivity index (χ0) is 22.2. The number of carboxylic acid groups (broad SMARTS) is 1. The van der Waals surface area contributed by atoms with Gasteiger partial charge < -0.3 is 14.6 Å². The second kappa shape index (κ2) is 10.4. The molecule has 8 heteroatoms. The second-order valence-corrected chi connectivity index (χ2v) is 6.76. The highest BCUT2D eigenvalue weighted by Gasteiger charge is 2.11. The Bertz CT molecular complexity index is 1080. The summed E-state index contributed by atoms with van der Waals surface area (Å²) in [5.74, 6) is -0.595. The van der Waals surface area contributed by atoms with Crippen LogP contribution in [-0.2, 0) is 6.61 Å². The number of nitrogens with one attached hydrogen (secondary N) is 1. The number of hydrazone groups is 1. The van der Waals surface area contributed by atoms with E-state index in [-0.39, 0.29) is 22.8 Å². The van der Waals surface area contributed by atoms with Gasteiger partial charge in [0.15, 0.2) is 11.5 Å². The van der Waals surface area contributed by atoms with Crippen LogP contribution in [0, 0.1) is 5.82 Å². The van der Waals surface area contributed by atoms with E-state index in [9.17, 15) is 14.3 Å². The summed E-state index contributed by atoms with van der Waals surface area (Å²) in [5.41, 5.74) is 4.17. The zero-order valence-electron chi connectivity index (χ0n) is 16.6. The molecule has 0 saturated carbocycles. The van der Waals surface area contributed by atoms with Crippen LogP contribution in [0.4, 0.5) is 10.1 Å². The van der Waals surface area contributed by atoms with Crippen molar-refractivity contribution in [1.82, 2.24) is 0 Å². The molecule has 0 aromatic heterocycles. The fourth-order valence-electron chi connectivity index (χ4n) is 2.76. The summed E-state index contributed by atoms with van der Waals surface area (Å²) >= 11 is 6.05. The number of carboxylic acids is 1. The van der Waals surface area contributed by atoms with Crippen molar-refractivity contribution in [2.45, 2.75) is 13.5 Å². The number of ether oxygens (including phenoxy) is 2. The molecule has 0 radical (unpaired) electrons. The molecule has 3 aromatic carbocycles. The minimum Gasteiger partial charge on any atom is -0.490 e. The van der Waals surface area contributed by atoms with E-state index in [2.05, 4.69) is 10.5 Å². The molecule has 0 aliphatic heterocycles. The molecular weight excluding hydrogens is 423 g/mol. The molecule has 160 valence electrons. The Labute approximate surface area is 183 Å². The Morgan fingerprint density at radius 1 is 1.13 bits per heavy atom. The predicted octanol–water partition coefficient (Wildman–Crippen LogP) is 5.60. The number of aromatic carboxylic acids is 1. The molecule has 3 rings (SSSR count). The van der Waals surface area contributed by atoms with Gasteiger partial charge in [-0.05, 0) is 55.0 Å². The van der Waals surface area contributed by atoms with E-state index in [0.29, 0.717) is 29.4 Å². The van der Waals surface area contributed by atoms with Crippen molar-refractivity contribution in [2.24, 2.45) is 5.10 Å². The van der Waals surface area contributed by atoms with Crippen LogP contribution in [0.15, 0.2) is 65.8 Å². The highest BCUT2D eigenvalue weighted by atomic mass is 35.5. The molecule has 0 heterocycles. The minimum absolute atomic E-state index is 0.0491. The van der Waals surface area contributed by atoms with Gasteiger partial charge in [-0.2, -0.15) is 5.10 Å². The maximum Gasteiger partial charge on any atom is 0.337 e. The highest BCUT2D eigenvalue weighted by molar-refractivity contribution is 6.31. The molecule has 31 heavy (non-hydrogen) atoms. The molecule has 2 N–H and O–H groups in total. The van der Waals surface area contributed by atoms with Gasteiger partial charge in [-0.3, -0.25) is 5.43 Å². The van der Waals surface area contributed by atoms with Gasteiger partial charge in [-0.15, -0.1) is 0 Å². The molecule has 0 bridgehead atoms. The molecule has 0 saturated heterocycles. The third-order valence-electron chi connectivity index (χ3n) is 4.26. The Balaban J connectivity index is 1.74. The van der Waals surface area contributed by atoms with Gasteiger partial charge >= 0.3 is 5.97 Å². The summed E-state index contributed by atoms with van der Waals surface area (Å²) in [5, 5.41) is 13.6. The van der Waals surface area contributed by atoms with Crippen LogP contribution >= 0.6 is 11.6 Å². The Kier molecular flexibility index (Phi) is 7.45. The smallest absolute Gasteiger partial charge is 0.337 e. The number of carbonyl (C=O) groups is 1. The predicted molar refractivity (Wildman–Crippen MR) is 118 cm³/mol. The summed E-state index contributed by atoms with van der Waals surface area (Å²) < 4.78 is 25.3. The fourth-order valence-corrected chi connectivity index (χ4v) is 2.97. The summed E-state index contributed by atoms with van der Waals surface area (Å²) in [6, 6.07) is 16.1. The summed E-state index contributed by atoms with van der Waals surface area (Å²) in [4.78, 5) is 11.3. The molecule has 0 unspecified atom stereocenters. The van der Waals surface area contributed by atoms with Crippen LogP contribution in [0.2, 0.25) is 5.02 Å². The van der Waals surface area contributed by atoms with Crippen molar-refractivity contribution < 1.29 is 23.8 Å². The third-order valence-corrected chi connectivity index (χ3v) is 4.61. The lowest BCUT2D eigenvalue weighted by Gasteiger charge is -2.13. The number of nitrogens with zero attached hydrogens (tertiary/aromatic N) is 1. The number of anilines is 1. The van der Waals surface area contributed by atoms with E-state index < -0.39 is 11.8 Å². The lowest BCUT2D eigenvalue weighted by Crippen LogP contribution is -2.03. The normalized spacial score (nSPS) is 10.8. The molecular formula is C23H20ClFN2O4. The molecule has 3 aromatic rings. The van der Waals surface area contributed by atoms with E-state index in [0.717, 1.165) is 0 Å². The first-order valence-electron chi connectivity index (χ1n) is 9.43. The highest BCUT2D eigenvalue weighted by Crippen LogP contribution is 2.30. The van der Waals surface area contributed by atoms with Gasteiger partial charge in [0.05, 0.1) is 29.1 Å². The van der Waals surface area contributed by atoms with Crippen LogP contribution in [0.25, 0.3) is 0 Å². The van der Waals surface area contributed by atoms with Crippen LogP contribution in [0.1, 0.15) is 28.4 Å². The topological polar surface area (TPSA) is 80.2 Å². The average Bonchev–Trinajstić information content (AvgIpc) is 2.75. The van der Waals surface area contributed by atoms with E-state index in [1.807, 2.05) is 6.92 Å². The number of rotatable bonds is 9. The van der Waals surface area contributed by atoms with Crippen molar-refractivity contribution >= 4 is 29.5 Å². The Hall–Kier alpha value is -3.58. The first kappa shape index (κ1) is 22.1. The van der Waals surface area contributed by atoms with E-state index >= 15 is 0 Å². The maximum atomic E-state index is 14.0. The molecule has 6 nitrogen and oxygen atoms in total. The Morgan fingerprint density at radius 2 is 1.94 bits per heavy atom. The Morgan fingerprint density at radius 3 is 2.68 bits per heavy atom.